The van der Waals surface area contributed by atoms with Crippen molar-refractivity contribution >= 4 is 47.5 Å². The first-order valence-corrected chi connectivity index (χ1v) is 12.4. The molecule has 4 atom stereocenters. The molecule has 0 aliphatic rings. The molecule has 0 saturated carbocycles. The largest absolute Gasteiger partial charge is 0.481 e. The Labute approximate surface area is 229 Å². The van der Waals surface area contributed by atoms with Crippen LogP contribution in [0, 0.1) is 0 Å². The van der Waals surface area contributed by atoms with Crippen LogP contribution >= 0.6 is 0 Å². The quantitative estimate of drug-likeness (QED) is 0.0654. The van der Waals surface area contributed by atoms with Crippen molar-refractivity contribution in [2.24, 2.45) is 5.73 Å². The predicted molar refractivity (Wildman–Crippen MR) is 135 cm³/mol. The minimum absolute atomic E-state index is 0.159. The third kappa shape index (κ3) is 15.9. The molecule has 40 heavy (non-hydrogen) atoms. The number of nitrogens with two attached hydrogens (primary N) is 1. The Morgan fingerprint density at radius 1 is 0.550 bits per heavy atom. The smallest absolute Gasteiger partial charge is 0.326 e. The zero-order valence-electron chi connectivity index (χ0n) is 22.0. The lowest BCUT2D eigenvalue weighted by atomic mass is 10.0. The van der Waals surface area contributed by atoms with Crippen molar-refractivity contribution in [3.8, 4) is 0 Å². The molecule has 0 heterocycles. The van der Waals surface area contributed by atoms with Crippen molar-refractivity contribution in [3.05, 3.63) is 0 Å². The number of amides is 4. The molecule has 10 N–H and O–H groups in total. The standard InChI is InChI=1S/C23H37N5O12/c1-12(29)25-13(4-2-3-11-24)20(36)26-14(5-8-17(30)31)21(37)27-15(6-9-18(32)33)22(38)28-16(23(39)40)7-10-19(34)35/h13-16H,2-11,24H2,1H3,(H,25,29)(H,26,36)(H,27,37)(H,28,38)(H,30,31)(H,32,33)(H,34,35)(H,39,40)/t13-,14-,15-,16-/m0/s1. The van der Waals surface area contributed by atoms with Crippen LogP contribution in [0.15, 0.2) is 0 Å². The van der Waals surface area contributed by atoms with Gasteiger partial charge in [0.15, 0.2) is 0 Å². The van der Waals surface area contributed by atoms with Gasteiger partial charge in [0.2, 0.25) is 23.6 Å². The monoisotopic (exact) mass is 575 g/mol. The molecule has 0 saturated heterocycles. The molecule has 0 radical (unpaired) electrons. The Morgan fingerprint density at radius 3 is 1.23 bits per heavy atom. The highest BCUT2D eigenvalue weighted by molar-refractivity contribution is 5.95. The third-order valence-electron chi connectivity index (χ3n) is 5.46. The van der Waals surface area contributed by atoms with Gasteiger partial charge in [0.05, 0.1) is 0 Å². The van der Waals surface area contributed by atoms with Gasteiger partial charge in [-0.15, -0.1) is 0 Å². The lowest BCUT2D eigenvalue weighted by molar-refractivity contribution is -0.144. The number of unbranched alkanes of at least 4 members (excludes halogenated alkanes) is 1. The second kappa shape index (κ2) is 18.9. The van der Waals surface area contributed by atoms with Gasteiger partial charge in [0, 0.05) is 26.2 Å². The number of carboxylic acid groups (broad SMARTS) is 4. The Hall–Kier alpha value is -4.28. The molecule has 4 amide bonds. The summed E-state index contributed by atoms with van der Waals surface area (Å²) in [7, 11) is 0. The van der Waals surface area contributed by atoms with Crippen molar-refractivity contribution in [1.29, 1.82) is 0 Å². The van der Waals surface area contributed by atoms with E-state index in [2.05, 4.69) is 21.3 Å². The summed E-state index contributed by atoms with van der Waals surface area (Å²) in [5.41, 5.74) is 5.45. The molecule has 0 fully saturated rings. The first-order chi connectivity index (χ1) is 18.7. The van der Waals surface area contributed by atoms with Crippen LogP contribution in [-0.4, -0.2) is 98.6 Å². The van der Waals surface area contributed by atoms with Gasteiger partial charge in [0.1, 0.15) is 24.2 Å². The molecule has 0 aliphatic heterocycles. The lowest BCUT2D eigenvalue weighted by Gasteiger charge is -2.25. The molecule has 0 bridgehead atoms. The summed E-state index contributed by atoms with van der Waals surface area (Å²) in [6.45, 7) is 1.50. The fourth-order valence-electron chi connectivity index (χ4n) is 3.42. The molecule has 0 aromatic carbocycles. The van der Waals surface area contributed by atoms with Crippen LogP contribution in [0.4, 0.5) is 0 Å². The molecule has 0 rings (SSSR count). The van der Waals surface area contributed by atoms with Crippen molar-refractivity contribution in [2.45, 2.75) is 88.9 Å². The van der Waals surface area contributed by atoms with E-state index in [-0.39, 0.29) is 6.42 Å². The number of carbonyl (C=O) groups excluding carboxylic acids is 4. The normalized spacial score (nSPS) is 13.6. The van der Waals surface area contributed by atoms with E-state index < -0.39 is 110 Å². The fourth-order valence-corrected chi connectivity index (χ4v) is 3.42. The average Bonchev–Trinajstić information content (AvgIpc) is 2.84. The Kier molecular flexibility index (Phi) is 16.9. The molecule has 0 spiro atoms. The van der Waals surface area contributed by atoms with E-state index in [0.717, 1.165) is 0 Å². The van der Waals surface area contributed by atoms with E-state index in [1.807, 2.05) is 0 Å². The van der Waals surface area contributed by atoms with Crippen LogP contribution in [0.5, 0.6) is 0 Å². The maximum atomic E-state index is 13.0. The first-order valence-electron chi connectivity index (χ1n) is 12.4. The molecule has 0 aliphatic carbocycles. The summed E-state index contributed by atoms with van der Waals surface area (Å²) in [4.78, 5) is 94.7. The van der Waals surface area contributed by atoms with Crippen LogP contribution in [0.1, 0.15) is 64.7 Å². The zero-order chi connectivity index (χ0) is 30.8. The van der Waals surface area contributed by atoms with Crippen molar-refractivity contribution in [3.63, 3.8) is 0 Å². The number of aliphatic carboxylic acids is 4. The molecular weight excluding hydrogens is 538 g/mol. The number of carboxylic acids is 4. The number of nitrogens with one attached hydrogen (secondary N) is 4. The van der Waals surface area contributed by atoms with Gasteiger partial charge in [0.25, 0.3) is 0 Å². The zero-order valence-corrected chi connectivity index (χ0v) is 22.0. The summed E-state index contributed by atoms with van der Waals surface area (Å²) in [6.07, 6.45) is -2.12. The number of hydrogen-bond donors (Lipinski definition) is 9. The molecule has 0 aromatic rings. The Bertz CT molecular complexity index is 941. The van der Waals surface area contributed by atoms with Crippen LogP contribution < -0.4 is 27.0 Å². The number of hydrogen-bond acceptors (Lipinski definition) is 9. The van der Waals surface area contributed by atoms with Gasteiger partial charge in [-0.25, -0.2) is 4.79 Å². The fraction of sp³-hybridized carbons (Fsp3) is 0.652. The Morgan fingerprint density at radius 2 is 0.900 bits per heavy atom. The Balaban J connectivity index is 5.83. The summed E-state index contributed by atoms with van der Waals surface area (Å²) in [5, 5.41) is 45.2. The second-order valence-electron chi connectivity index (χ2n) is 8.86. The van der Waals surface area contributed by atoms with Crippen LogP contribution in [0.2, 0.25) is 0 Å². The molecule has 17 nitrogen and oxygen atoms in total. The minimum Gasteiger partial charge on any atom is -0.481 e. The predicted octanol–water partition coefficient (Wildman–Crippen LogP) is -2.25. The van der Waals surface area contributed by atoms with Gasteiger partial charge in [-0.1, -0.05) is 0 Å². The van der Waals surface area contributed by atoms with E-state index >= 15 is 0 Å². The van der Waals surface area contributed by atoms with Gasteiger partial charge in [-0.05, 0) is 45.1 Å². The van der Waals surface area contributed by atoms with E-state index in [0.29, 0.717) is 19.4 Å². The first kappa shape index (κ1) is 35.7. The van der Waals surface area contributed by atoms with Gasteiger partial charge >= 0.3 is 23.9 Å². The number of carbonyl (C=O) groups is 8. The summed E-state index contributed by atoms with van der Waals surface area (Å²) >= 11 is 0. The van der Waals surface area contributed by atoms with Crippen molar-refractivity contribution in [2.75, 3.05) is 6.54 Å². The van der Waals surface area contributed by atoms with Gasteiger partial charge < -0.3 is 47.4 Å². The average molecular weight is 576 g/mol. The van der Waals surface area contributed by atoms with Crippen LogP contribution in [0.25, 0.3) is 0 Å². The lowest BCUT2D eigenvalue weighted by Crippen LogP contribution is -2.57. The molecular formula is C23H37N5O12. The van der Waals surface area contributed by atoms with Crippen LogP contribution in [-0.2, 0) is 38.4 Å². The highest BCUT2D eigenvalue weighted by atomic mass is 16.4. The van der Waals surface area contributed by atoms with E-state index in [4.69, 9.17) is 21.1 Å². The molecule has 0 aromatic heterocycles. The third-order valence-corrected chi connectivity index (χ3v) is 5.46. The maximum Gasteiger partial charge on any atom is 0.326 e. The van der Waals surface area contributed by atoms with E-state index in [9.17, 15) is 43.5 Å². The SMILES string of the molecule is CC(=O)N[C@@H](CCCCN)C(=O)N[C@@H](CCC(=O)O)C(=O)N[C@@H](CCC(=O)O)C(=O)N[C@@H](CCC(=O)O)C(=O)O. The summed E-state index contributed by atoms with van der Waals surface area (Å²) in [6, 6.07) is -5.91. The minimum atomic E-state index is -1.66. The molecule has 0 unspecified atom stereocenters. The second-order valence-corrected chi connectivity index (χ2v) is 8.86. The van der Waals surface area contributed by atoms with Crippen LogP contribution in [0.3, 0.4) is 0 Å². The topological polar surface area (TPSA) is 292 Å². The highest BCUT2D eigenvalue weighted by Crippen LogP contribution is 2.07. The number of rotatable bonds is 21. The van der Waals surface area contributed by atoms with E-state index in [1.54, 1.807) is 0 Å². The van der Waals surface area contributed by atoms with Gasteiger partial charge in [-0.2, -0.15) is 0 Å². The molecule has 226 valence electrons. The highest BCUT2D eigenvalue weighted by Gasteiger charge is 2.31. The van der Waals surface area contributed by atoms with Crippen molar-refractivity contribution in [1.82, 2.24) is 21.3 Å². The maximum absolute atomic E-state index is 13.0. The molecule has 17 heteroatoms. The van der Waals surface area contributed by atoms with E-state index in [1.165, 1.54) is 6.92 Å². The van der Waals surface area contributed by atoms with Crippen molar-refractivity contribution < 1.29 is 58.8 Å². The summed E-state index contributed by atoms with van der Waals surface area (Å²) in [5.74, 6) is -9.10. The summed E-state index contributed by atoms with van der Waals surface area (Å²) < 4.78 is 0. The van der Waals surface area contributed by atoms with Gasteiger partial charge in [-0.3, -0.25) is 33.6 Å².